The summed E-state index contributed by atoms with van der Waals surface area (Å²) in [5.74, 6) is -1.09. The van der Waals surface area contributed by atoms with Gasteiger partial charge in [0.2, 0.25) is 0 Å². The van der Waals surface area contributed by atoms with Gasteiger partial charge in [0.05, 0.1) is 6.04 Å². The van der Waals surface area contributed by atoms with Gasteiger partial charge in [-0.3, -0.25) is 9.59 Å². The number of benzene rings is 2. The van der Waals surface area contributed by atoms with Gasteiger partial charge in [-0.25, -0.2) is 4.79 Å². The molecule has 2 aromatic carbocycles. The molecule has 0 heterocycles. The molecule has 0 unspecified atom stereocenters. The Morgan fingerprint density at radius 2 is 1.35 bits per heavy atom. The van der Waals surface area contributed by atoms with Gasteiger partial charge < -0.3 is 14.8 Å². The maximum absolute atomic E-state index is 13.4. The summed E-state index contributed by atoms with van der Waals surface area (Å²) in [6.45, 7) is 8.32. The Hall–Kier alpha value is -3.15. The molecule has 0 aromatic heterocycles. The van der Waals surface area contributed by atoms with Crippen molar-refractivity contribution >= 4 is 17.8 Å². The number of esters is 1. The minimum Gasteiger partial charge on any atom is -0.460 e. The van der Waals surface area contributed by atoms with Crippen LogP contribution in [-0.4, -0.2) is 29.5 Å². The molecule has 31 heavy (non-hydrogen) atoms. The molecular weight excluding hydrogens is 394 g/mol. The van der Waals surface area contributed by atoms with Gasteiger partial charge in [0.25, 0.3) is 0 Å². The number of hydrogen-bond acceptors (Lipinski definition) is 5. The Balaban J connectivity index is 2.16. The van der Waals surface area contributed by atoms with Crippen LogP contribution in [0.2, 0.25) is 0 Å². The van der Waals surface area contributed by atoms with Crippen LogP contribution in [0.3, 0.4) is 0 Å². The fraction of sp³-hybridized carbons (Fsp3) is 0.400. The number of amides is 1. The molecule has 166 valence electrons. The van der Waals surface area contributed by atoms with Crippen LogP contribution in [-0.2, 0) is 32.1 Å². The molecule has 0 saturated heterocycles. The normalized spacial score (nSPS) is 12.5. The number of Topliss-reactive ketones (excluding diaryl/α,β-unsaturated/α-hetero) is 1. The minimum atomic E-state index is -1.46. The van der Waals surface area contributed by atoms with Gasteiger partial charge in [0.15, 0.2) is 5.78 Å². The summed E-state index contributed by atoms with van der Waals surface area (Å²) in [6.07, 6.45) is -0.482. The Labute approximate surface area is 183 Å². The number of alkyl carbamates (subject to hydrolysis) is 1. The van der Waals surface area contributed by atoms with Gasteiger partial charge in [-0.1, -0.05) is 60.7 Å². The van der Waals surface area contributed by atoms with E-state index in [2.05, 4.69) is 5.32 Å². The number of hydrogen-bond donors (Lipinski definition) is 1. The molecule has 0 aliphatic rings. The third kappa shape index (κ3) is 7.55. The van der Waals surface area contributed by atoms with E-state index in [1.165, 1.54) is 13.8 Å². The fourth-order valence-electron chi connectivity index (χ4n) is 2.95. The number of carbonyl (C=O) groups excluding carboxylic acids is 3. The second-order valence-corrected chi connectivity index (χ2v) is 8.94. The SMILES string of the molecule is CC(C)(C)OC(=O)N[C@@H](Cc1ccccc1)C(=O)C(C)(C)C(=O)OCc1ccccc1. The van der Waals surface area contributed by atoms with Crippen LogP contribution in [0.1, 0.15) is 45.7 Å². The molecular formula is C25H31NO5. The Morgan fingerprint density at radius 1 is 0.839 bits per heavy atom. The maximum Gasteiger partial charge on any atom is 0.408 e. The standard InChI is InChI=1S/C25H31NO5/c1-24(2,3)31-23(29)26-20(16-18-12-8-6-9-13-18)21(27)25(4,5)22(28)30-17-19-14-10-7-11-15-19/h6-15,20H,16-17H2,1-5H3,(H,26,29)/t20-/m0/s1. The molecule has 6 heteroatoms. The van der Waals surface area contributed by atoms with Crippen LogP contribution in [0.4, 0.5) is 4.79 Å². The molecule has 1 N–H and O–H groups in total. The monoisotopic (exact) mass is 425 g/mol. The van der Waals surface area contributed by atoms with E-state index >= 15 is 0 Å². The van der Waals surface area contributed by atoms with E-state index < -0.39 is 34.9 Å². The van der Waals surface area contributed by atoms with Crippen LogP contribution in [0.5, 0.6) is 0 Å². The van der Waals surface area contributed by atoms with Crippen molar-refractivity contribution in [2.24, 2.45) is 5.41 Å². The summed E-state index contributed by atoms with van der Waals surface area (Å²) >= 11 is 0. The van der Waals surface area contributed by atoms with Crippen LogP contribution in [0.15, 0.2) is 60.7 Å². The first-order valence-electron chi connectivity index (χ1n) is 10.3. The number of rotatable bonds is 8. The van der Waals surface area contributed by atoms with E-state index in [-0.39, 0.29) is 13.0 Å². The maximum atomic E-state index is 13.4. The molecule has 0 bridgehead atoms. The van der Waals surface area contributed by atoms with E-state index in [0.29, 0.717) is 0 Å². The van der Waals surface area contributed by atoms with Gasteiger partial charge in [0.1, 0.15) is 17.6 Å². The topological polar surface area (TPSA) is 81.7 Å². The highest BCUT2D eigenvalue weighted by Crippen LogP contribution is 2.24. The lowest BCUT2D eigenvalue weighted by molar-refractivity contribution is -0.160. The quantitative estimate of drug-likeness (QED) is 0.499. The lowest BCUT2D eigenvalue weighted by Gasteiger charge is -2.28. The van der Waals surface area contributed by atoms with E-state index in [0.717, 1.165) is 11.1 Å². The second-order valence-electron chi connectivity index (χ2n) is 8.94. The highest BCUT2D eigenvalue weighted by atomic mass is 16.6. The molecule has 1 atom stereocenters. The fourth-order valence-corrected chi connectivity index (χ4v) is 2.95. The number of ether oxygens (including phenoxy) is 2. The van der Waals surface area contributed by atoms with E-state index in [9.17, 15) is 14.4 Å². The van der Waals surface area contributed by atoms with Gasteiger partial charge in [-0.2, -0.15) is 0 Å². The van der Waals surface area contributed by atoms with Crippen LogP contribution in [0, 0.1) is 5.41 Å². The largest absolute Gasteiger partial charge is 0.460 e. The zero-order valence-corrected chi connectivity index (χ0v) is 18.8. The van der Waals surface area contributed by atoms with Gasteiger partial charge in [0, 0.05) is 0 Å². The average molecular weight is 426 g/mol. The molecule has 6 nitrogen and oxygen atoms in total. The zero-order chi connectivity index (χ0) is 23.1. The van der Waals surface area contributed by atoms with Gasteiger partial charge >= 0.3 is 12.1 Å². The smallest absolute Gasteiger partial charge is 0.408 e. The molecule has 2 rings (SSSR count). The summed E-state index contributed by atoms with van der Waals surface area (Å²) in [5.41, 5.74) is -0.491. The lowest BCUT2D eigenvalue weighted by atomic mass is 9.82. The number of nitrogens with one attached hydrogen (secondary N) is 1. The van der Waals surface area contributed by atoms with Gasteiger partial charge in [-0.15, -0.1) is 0 Å². The van der Waals surface area contributed by atoms with Crippen molar-refractivity contribution in [3.05, 3.63) is 71.8 Å². The lowest BCUT2D eigenvalue weighted by Crippen LogP contribution is -2.51. The van der Waals surface area contributed by atoms with Crippen molar-refractivity contribution in [3.63, 3.8) is 0 Å². The van der Waals surface area contributed by atoms with E-state index in [1.807, 2.05) is 60.7 Å². The minimum absolute atomic E-state index is 0.0687. The average Bonchev–Trinajstić information content (AvgIpc) is 2.71. The first-order chi connectivity index (χ1) is 14.5. The molecule has 0 fully saturated rings. The van der Waals surface area contributed by atoms with Crippen LogP contribution in [0.25, 0.3) is 0 Å². The Bertz CT molecular complexity index is 885. The van der Waals surface area contributed by atoms with E-state index in [1.54, 1.807) is 20.8 Å². The molecule has 2 aromatic rings. The first-order valence-corrected chi connectivity index (χ1v) is 10.3. The summed E-state index contributed by atoms with van der Waals surface area (Å²) < 4.78 is 10.7. The Morgan fingerprint density at radius 3 is 1.87 bits per heavy atom. The van der Waals surface area contributed by atoms with Crippen molar-refractivity contribution in [2.45, 2.75) is 59.3 Å². The predicted molar refractivity (Wildman–Crippen MR) is 118 cm³/mol. The zero-order valence-electron chi connectivity index (χ0n) is 18.8. The van der Waals surface area contributed by atoms with Crippen molar-refractivity contribution in [2.75, 3.05) is 0 Å². The second kappa shape index (κ2) is 10.2. The molecule has 0 spiro atoms. The number of ketones is 1. The highest BCUT2D eigenvalue weighted by molar-refractivity contribution is 6.06. The molecule has 1 amide bonds. The third-order valence-electron chi connectivity index (χ3n) is 4.63. The van der Waals surface area contributed by atoms with Crippen molar-refractivity contribution < 1.29 is 23.9 Å². The van der Waals surface area contributed by atoms with Crippen LogP contribution >= 0.6 is 0 Å². The summed E-state index contributed by atoms with van der Waals surface area (Å²) in [7, 11) is 0. The van der Waals surface area contributed by atoms with Crippen LogP contribution < -0.4 is 5.32 Å². The molecule has 0 radical (unpaired) electrons. The van der Waals surface area contributed by atoms with Crippen molar-refractivity contribution in [1.82, 2.24) is 5.32 Å². The third-order valence-corrected chi connectivity index (χ3v) is 4.63. The molecule has 0 aliphatic heterocycles. The molecule has 0 aliphatic carbocycles. The summed E-state index contributed by atoms with van der Waals surface area (Å²) in [6, 6.07) is 17.6. The molecule has 0 saturated carbocycles. The van der Waals surface area contributed by atoms with Crippen molar-refractivity contribution in [1.29, 1.82) is 0 Å². The summed E-state index contributed by atoms with van der Waals surface area (Å²) in [5, 5.41) is 2.64. The van der Waals surface area contributed by atoms with Gasteiger partial charge in [-0.05, 0) is 52.2 Å². The highest BCUT2D eigenvalue weighted by Gasteiger charge is 2.42. The summed E-state index contributed by atoms with van der Waals surface area (Å²) in [4.78, 5) is 38.5. The Kier molecular flexibility index (Phi) is 7.97. The number of carbonyl (C=O) groups is 3. The van der Waals surface area contributed by atoms with E-state index in [4.69, 9.17) is 9.47 Å². The first kappa shape index (κ1) is 24.1. The predicted octanol–water partition coefficient (Wildman–Crippen LogP) is 4.46. The van der Waals surface area contributed by atoms with Crippen molar-refractivity contribution in [3.8, 4) is 0 Å².